The van der Waals surface area contributed by atoms with Gasteiger partial charge in [-0.15, -0.1) is 0 Å². The van der Waals surface area contributed by atoms with Gasteiger partial charge in [0.2, 0.25) is 5.82 Å². The third-order valence-corrected chi connectivity index (χ3v) is 5.43. The summed E-state index contributed by atoms with van der Waals surface area (Å²) in [6.45, 7) is 2.58. The van der Waals surface area contributed by atoms with Gasteiger partial charge in [0.1, 0.15) is 0 Å². The summed E-state index contributed by atoms with van der Waals surface area (Å²) < 4.78 is 35.2. The van der Waals surface area contributed by atoms with Crippen molar-refractivity contribution in [2.45, 2.75) is 45.4 Å². The number of unbranched alkanes of at least 4 members (excludes halogenated alkanes) is 5. The lowest BCUT2D eigenvalue weighted by atomic mass is 10.1. The van der Waals surface area contributed by atoms with E-state index in [1.54, 1.807) is 6.08 Å². The summed E-state index contributed by atoms with van der Waals surface area (Å²) in [5.74, 6) is -1.89. The number of aromatic nitrogens is 1. The predicted octanol–water partition coefficient (Wildman–Crippen LogP) is 8.19. The van der Waals surface area contributed by atoms with Gasteiger partial charge in [-0.1, -0.05) is 61.0 Å². The van der Waals surface area contributed by atoms with Gasteiger partial charge < -0.3 is 4.74 Å². The van der Waals surface area contributed by atoms with Crippen molar-refractivity contribution in [1.29, 1.82) is 0 Å². The maximum absolute atomic E-state index is 14.4. The van der Waals surface area contributed by atoms with Crippen LogP contribution in [0.1, 0.15) is 56.7 Å². The van der Waals surface area contributed by atoms with Crippen molar-refractivity contribution < 1.29 is 13.5 Å². The Labute approximate surface area is 185 Å². The van der Waals surface area contributed by atoms with Crippen LogP contribution in [0.3, 0.4) is 0 Å². The summed E-state index contributed by atoms with van der Waals surface area (Å²) in [6, 6.07) is 12.6. The second-order valence-corrected chi connectivity index (χ2v) is 8.22. The largest absolute Gasteiger partial charge is 0.490 e. The zero-order valence-corrected chi connectivity index (χ0v) is 18.7. The maximum atomic E-state index is 14.4. The Morgan fingerprint density at radius 3 is 2.53 bits per heavy atom. The second-order valence-electron chi connectivity index (χ2n) is 7.30. The summed E-state index contributed by atoms with van der Waals surface area (Å²) in [5.41, 5.74) is 1.68. The van der Waals surface area contributed by atoms with Crippen molar-refractivity contribution in [3.05, 3.63) is 69.8 Å². The van der Waals surface area contributed by atoms with E-state index in [4.69, 9.17) is 4.74 Å². The van der Waals surface area contributed by atoms with E-state index >= 15 is 0 Å². The van der Waals surface area contributed by atoms with Gasteiger partial charge in [0, 0.05) is 15.4 Å². The molecule has 0 unspecified atom stereocenters. The van der Waals surface area contributed by atoms with Gasteiger partial charge in [0.25, 0.3) is 0 Å². The van der Waals surface area contributed by atoms with E-state index in [0.29, 0.717) is 12.3 Å². The van der Waals surface area contributed by atoms with Gasteiger partial charge in [-0.3, -0.25) is 0 Å². The first-order valence-electron chi connectivity index (χ1n) is 10.4. The quantitative estimate of drug-likeness (QED) is 0.277. The zero-order chi connectivity index (χ0) is 21.3. The molecule has 0 N–H and O–H groups in total. The molecule has 0 aliphatic carbocycles. The Morgan fingerprint density at radius 1 is 0.900 bits per heavy atom. The third-order valence-electron chi connectivity index (χ3n) is 4.94. The van der Waals surface area contributed by atoms with Crippen LogP contribution < -0.4 is 4.74 Å². The zero-order valence-electron chi connectivity index (χ0n) is 17.1. The first kappa shape index (κ1) is 22.4. The van der Waals surface area contributed by atoms with Crippen molar-refractivity contribution in [2.24, 2.45) is 0 Å². The molecule has 0 saturated heterocycles. The van der Waals surface area contributed by atoms with Crippen molar-refractivity contribution in [3.63, 3.8) is 0 Å². The molecule has 0 atom stereocenters. The molecule has 158 valence electrons. The molecule has 0 radical (unpaired) electrons. The molecule has 0 fully saturated rings. The van der Waals surface area contributed by atoms with Crippen LogP contribution in [0.5, 0.6) is 5.75 Å². The number of pyridine rings is 1. The molecule has 3 rings (SSSR count). The summed E-state index contributed by atoms with van der Waals surface area (Å²) in [6.07, 6.45) is 9.90. The SMILES string of the molecule is CCCCCCCCOc1ccc(/C=C/c2ccc3cc(Br)ccc3n2)c(F)c1F. The molecule has 5 heteroatoms. The number of rotatable bonds is 10. The number of benzene rings is 2. The summed E-state index contributed by atoms with van der Waals surface area (Å²) in [7, 11) is 0. The van der Waals surface area contributed by atoms with Crippen LogP contribution in [0.25, 0.3) is 23.1 Å². The molecule has 0 amide bonds. The number of hydrogen-bond acceptors (Lipinski definition) is 2. The summed E-state index contributed by atoms with van der Waals surface area (Å²) in [4.78, 5) is 4.53. The lowest BCUT2D eigenvalue weighted by molar-refractivity contribution is 0.284. The van der Waals surface area contributed by atoms with Gasteiger partial charge in [0.15, 0.2) is 11.6 Å². The minimum Gasteiger partial charge on any atom is -0.490 e. The van der Waals surface area contributed by atoms with E-state index in [9.17, 15) is 8.78 Å². The van der Waals surface area contributed by atoms with Crippen molar-refractivity contribution in [1.82, 2.24) is 4.98 Å². The van der Waals surface area contributed by atoms with E-state index in [0.717, 1.165) is 34.6 Å². The molecule has 0 aliphatic rings. The van der Waals surface area contributed by atoms with Crippen LogP contribution in [0.15, 0.2) is 46.9 Å². The average Bonchev–Trinajstić information content (AvgIpc) is 2.75. The first-order valence-corrected chi connectivity index (χ1v) is 11.2. The predicted molar refractivity (Wildman–Crippen MR) is 124 cm³/mol. The normalized spacial score (nSPS) is 11.5. The average molecular weight is 474 g/mol. The lowest BCUT2D eigenvalue weighted by Gasteiger charge is -2.09. The number of nitrogens with zero attached hydrogens (tertiary/aromatic N) is 1. The Bertz CT molecular complexity index is 1020. The van der Waals surface area contributed by atoms with Crippen LogP contribution in [0, 0.1) is 11.6 Å². The molecule has 0 spiro atoms. The van der Waals surface area contributed by atoms with Crippen molar-refractivity contribution in [2.75, 3.05) is 6.61 Å². The molecule has 1 heterocycles. The molecule has 3 aromatic rings. The van der Waals surface area contributed by atoms with Crippen LogP contribution >= 0.6 is 15.9 Å². The molecule has 1 aromatic heterocycles. The van der Waals surface area contributed by atoms with Crippen LogP contribution in [0.4, 0.5) is 8.78 Å². The van der Waals surface area contributed by atoms with Crippen LogP contribution in [-0.4, -0.2) is 11.6 Å². The maximum Gasteiger partial charge on any atom is 0.201 e. The molecular weight excluding hydrogens is 448 g/mol. The minimum absolute atomic E-state index is 0.0346. The number of halogens is 3. The van der Waals surface area contributed by atoms with E-state index < -0.39 is 11.6 Å². The van der Waals surface area contributed by atoms with Gasteiger partial charge in [-0.05, 0) is 55.0 Å². The standard InChI is InChI=1S/C25H26BrF2NO/c1-2-3-4-5-6-7-16-30-23-15-10-18(24(27)25(23)28)8-12-21-13-9-19-17-20(26)11-14-22(19)29-21/h8-15,17H,2-7,16H2,1H3/b12-8+. The van der Waals surface area contributed by atoms with E-state index in [-0.39, 0.29) is 11.3 Å². The molecule has 0 saturated carbocycles. The molecule has 0 aliphatic heterocycles. The highest BCUT2D eigenvalue weighted by molar-refractivity contribution is 9.10. The minimum atomic E-state index is -0.945. The van der Waals surface area contributed by atoms with E-state index in [1.807, 2.05) is 30.3 Å². The molecule has 2 nitrogen and oxygen atoms in total. The summed E-state index contributed by atoms with van der Waals surface area (Å²) in [5, 5.41) is 1.01. The first-order chi connectivity index (χ1) is 14.6. The van der Waals surface area contributed by atoms with Gasteiger partial charge in [-0.25, -0.2) is 9.37 Å². The van der Waals surface area contributed by atoms with Crippen molar-refractivity contribution >= 4 is 39.0 Å². The Kier molecular flexibility index (Phi) is 8.38. The van der Waals surface area contributed by atoms with E-state index in [1.165, 1.54) is 37.5 Å². The monoisotopic (exact) mass is 473 g/mol. The van der Waals surface area contributed by atoms with Crippen LogP contribution in [0.2, 0.25) is 0 Å². The Balaban J connectivity index is 1.61. The van der Waals surface area contributed by atoms with Gasteiger partial charge >= 0.3 is 0 Å². The number of fused-ring (bicyclic) bond motifs is 1. The molecule has 30 heavy (non-hydrogen) atoms. The lowest BCUT2D eigenvalue weighted by Crippen LogP contribution is -2.01. The fourth-order valence-corrected chi connectivity index (χ4v) is 3.61. The highest BCUT2D eigenvalue weighted by atomic mass is 79.9. The highest BCUT2D eigenvalue weighted by Crippen LogP contribution is 2.25. The third kappa shape index (κ3) is 6.11. The number of hydrogen-bond donors (Lipinski definition) is 0. The molecule has 0 bridgehead atoms. The fraction of sp³-hybridized carbons (Fsp3) is 0.320. The van der Waals surface area contributed by atoms with E-state index in [2.05, 4.69) is 27.8 Å². The topological polar surface area (TPSA) is 22.1 Å². The van der Waals surface area contributed by atoms with Gasteiger partial charge in [-0.2, -0.15) is 4.39 Å². The number of ether oxygens (including phenoxy) is 1. The summed E-state index contributed by atoms with van der Waals surface area (Å²) >= 11 is 3.44. The Hall–Kier alpha value is -2.27. The Morgan fingerprint density at radius 2 is 1.70 bits per heavy atom. The highest BCUT2D eigenvalue weighted by Gasteiger charge is 2.13. The fourth-order valence-electron chi connectivity index (χ4n) is 3.23. The van der Waals surface area contributed by atoms with Crippen molar-refractivity contribution in [3.8, 4) is 5.75 Å². The smallest absolute Gasteiger partial charge is 0.201 e. The van der Waals surface area contributed by atoms with Crippen LogP contribution in [-0.2, 0) is 0 Å². The second kappa shape index (κ2) is 11.2. The van der Waals surface area contributed by atoms with Gasteiger partial charge in [0.05, 0.1) is 17.8 Å². The molecular formula is C25H26BrF2NO. The molecule has 2 aromatic carbocycles.